The van der Waals surface area contributed by atoms with Gasteiger partial charge < -0.3 is 8.80 Å². The minimum Gasteiger partial charge on any atom is -0.308 e. The number of nitrogens with zero attached hydrogens (tertiary/aromatic N) is 2. The van der Waals surface area contributed by atoms with Crippen molar-refractivity contribution in [1.29, 1.82) is 0 Å². The van der Waals surface area contributed by atoms with Crippen LogP contribution >= 0.6 is 0 Å². The van der Waals surface area contributed by atoms with Crippen molar-refractivity contribution in [3.8, 4) is 66.8 Å². The first-order valence-electron chi connectivity index (χ1n) is 24.0. The van der Waals surface area contributed by atoms with E-state index in [-0.39, 0.29) is 0 Å². The fourth-order valence-electron chi connectivity index (χ4n) is 11.9. The predicted octanol–water partition coefficient (Wildman–Crippen LogP) is 18.3. The Morgan fingerprint density at radius 1 is 0.217 bits per heavy atom. The zero-order valence-electron chi connectivity index (χ0n) is 37.9. The van der Waals surface area contributed by atoms with Gasteiger partial charge in [0.15, 0.2) is 0 Å². The Kier molecular flexibility index (Phi) is 8.02. The van der Waals surface area contributed by atoms with E-state index in [1.807, 2.05) is 0 Å². The Hall–Kier alpha value is -8.98. The maximum Gasteiger partial charge on any atom is 0.0620 e. The number of aryl methyl sites for hydroxylation is 1. The van der Waals surface area contributed by atoms with Crippen molar-refractivity contribution in [2.75, 3.05) is 0 Å². The molecule has 15 aromatic rings. The molecule has 0 saturated carbocycles. The molecule has 11 aromatic carbocycles. The van der Waals surface area contributed by atoms with Crippen LogP contribution in [0.15, 0.2) is 237 Å². The van der Waals surface area contributed by atoms with Crippen molar-refractivity contribution >= 4 is 76.2 Å². The summed E-state index contributed by atoms with van der Waals surface area (Å²) in [6.45, 7) is 2.26. The van der Waals surface area contributed by atoms with Gasteiger partial charge in [-0.2, -0.15) is 0 Å². The summed E-state index contributed by atoms with van der Waals surface area (Å²) < 4.78 is 4.96. The second-order valence-corrected chi connectivity index (χ2v) is 18.9. The van der Waals surface area contributed by atoms with Gasteiger partial charge in [-0.1, -0.05) is 170 Å². The van der Waals surface area contributed by atoms with Gasteiger partial charge >= 0.3 is 0 Å². The summed E-state index contributed by atoms with van der Waals surface area (Å²) in [6.07, 6.45) is 0. The molecule has 2 heteroatoms. The van der Waals surface area contributed by atoms with Gasteiger partial charge in [0.25, 0.3) is 0 Å². The average molecular weight is 875 g/mol. The van der Waals surface area contributed by atoms with Gasteiger partial charge in [-0.05, 0) is 146 Å². The first kappa shape index (κ1) is 38.2. The molecule has 0 fully saturated rings. The molecule has 0 bridgehead atoms. The molecule has 0 atom stereocenters. The number of aromatic nitrogens is 2. The standard InChI is InChI=1S/C67H42N2/c1-41-33-49(48-18-12-17-47(35-48)46-16-11-15-45(34-46)44-27-25-43(26-28-44)42-13-3-2-4-14-42)29-31-53(41)50-30-32-65-57(36-50)61-40-52(39-60-56-21-7-10-24-64(56)69(65)67(60)61)51-37-58-54-19-5-8-22-62(54)68-63-23-9-6-20-55(63)59(38-51)66(58)68/h2-40H,1H3. The van der Waals surface area contributed by atoms with Crippen LogP contribution in [-0.4, -0.2) is 8.80 Å². The molecule has 0 N–H and O–H groups in total. The number of benzene rings is 11. The summed E-state index contributed by atoms with van der Waals surface area (Å²) in [5, 5.41) is 10.3. The summed E-state index contributed by atoms with van der Waals surface area (Å²) >= 11 is 0. The van der Waals surface area contributed by atoms with Crippen LogP contribution < -0.4 is 0 Å². The van der Waals surface area contributed by atoms with E-state index in [2.05, 4.69) is 252 Å². The molecule has 0 aliphatic rings. The SMILES string of the molecule is Cc1cc(-c2cccc(-c3cccc(-c4ccc(-c5ccccc5)cc4)c3)c2)ccc1-c1ccc2c(c1)c1cc(-c3cc4c5ccccc5n5c6ccccc6c(c3)c45)cc3c4ccccc4n2c31. The monoisotopic (exact) mass is 874 g/mol. The van der Waals surface area contributed by atoms with Crippen LogP contribution in [0, 0.1) is 6.92 Å². The molecule has 320 valence electrons. The molecule has 0 amide bonds. The Bertz CT molecular complexity index is 4450. The van der Waals surface area contributed by atoms with E-state index < -0.39 is 0 Å². The van der Waals surface area contributed by atoms with Crippen molar-refractivity contribution < 1.29 is 0 Å². The van der Waals surface area contributed by atoms with Crippen molar-refractivity contribution in [2.45, 2.75) is 6.92 Å². The van der Waals surface area contributed by atoms with E-state index in [1.165, 1.54) is 149 Å². The van der Waals surface area contributed by atoms with Crippen LogP contribution in [0.25, 0.3) is 143 Å². The van der Waals surface area contributed by atoms with Crippen LogP contribution in [-0.2, 0) is 0 Å². The number of hydrogen-bond acceptors (Lipinski definition) is 0. The summed E-state index contributed by atoms with van der Waals surface area (Å²) in [5.74, 6) is 0. The molecule has 4 heterocycles. The van der Waals surface area contributed by atoms with E-state index in [9.17, 15) is 0 Å². The third kappa shape index (κ3) is 5.67. The van der Waals surface area contributed by atoms with Gasteiger partial charge in [-0.15, -0.1) is 0 Å². The van der Waals surface area contributed by atoms with Gasteiger partial charge in [0.1, 0.15) is 0 Å². The lowest BCUT2D eigenvalue weighted by atomic mass is 9.92. The first-order chi connectivity index (χ1) is 34.1. The lowest BCUT2D eigenvalue weighted by Crippen LogP contribution is -1.88. The Labute approximate surface area is 398 Å². The normalized spacial score (nSPS) is 12.1. The maximum absolute atomic E-state index is 2.50. The molecule has 0 aliphatic carbocycles. The fourth-order valence-corrected chi connectivity index (χ4v) is 11.9. The van der Waals surface area contributed by atoms with Crippen molar-refractivity contribution in [3.05, 3.63) is 242 Å². The Balaban J connectivity index is 0.821. The highest BCUT2D eigenvalue weighted by Crippen LogP contribution is 2.46. The lowest BCUT2D eigenvalue weighted by Gasteiger charge is -2.12. The van der Waals surface area contributed by atoms with E-state index in [1.54, 1.807) is 0 Å². The Morgan fingerprint density at radius 3 is 1.07 bits per heavy atom. The second kappa shape index (κ2) is 14.5. The molecule has 0 aliphatic heterocycles. The molecule has 2 nitrogen and oxygen atoms in total. The zero-order valence-corrected chi connectivity index (χ0v) is 37.9. The van der Waals surface area contributed by atoms with E-state index in [0.717, 1.165) is 0 Å². The second-order valence-electron chi connectivity index (χ2n) is 18.9. The molecule has 0 unspecified atom stereocenters. The molecule has 0 spiro atoms. The van der Waals surface area contributed by atoms with Gasteiger partial charge in [-0.25, -0.2) is 0 Å². The van der Waals surface area contributed by atoms with Crippen molar-refractivity contribution in [2.24, 2.45) is 0 Å². The van der Waals surface area contributed by atoms with Gasteiger partial charge in [0.05, 0.1) is 33.1 Å². The summed E-state index contributed by atoms with van der Waals surface area (Å²) in [7, 11) is 0. The third-order valence-corrected chi connectivity index (χ3v) is 15.1. The van der Waals surface area contributed by atoms with Crippen LogP contribution in [0.5, 0.6) is 0 Å². The molecular formula is C67H42N2. The molecule has 0 saturated heterocycles. The van der Waals surface area contributed by atoms with Crippen molar-refractivity contribution in [1.82, 2.24) is 8.80 Å². The number of para-hydroxylation sites is 3. The van der Waals surface area contributed by atoms with E-state index in [4.69, 9.17) is 0 Å². The van der Waals surface area contributed by atoms with Gasteiger partial charge in [-0.3, -0.25) is 0 Å². The van der Waals surface area contributed by atoms with E-state index >= 15 is 0 Å². The van der Waals surface area contributed by atoms with Crippen LogP contribution in [0.4, 0.5) is 0 Å². The summed E-state index contributed by atoms with van der Waals surface area (Å²) in [5.41, 5.74) is 23.6. The minimum absolute atomic E-state index is 1.21. The first-order valence-corrected chi connectivity index (χ1v) is 24.0. The molecule has 0 radical (unpaired) electrons. The molecule has 69 heavy (non-hydrogen) atoms. The van der Waals surface area contributed by atoms with Crippen molar-refractivity contribution in [3.63, 3.8) is 0 Å². The lowest BCUT2D eigenvalue weighted by molar-refractivity contribution is 1.37. The highest BCUT2D eigenvalue weighted by atomic mass is 14.9. The highest BCUT2D eigenvalue weighted by Gasteiger charge is 2.22. The largest absolute Gasteiger partial charge is 0.308 e. The van der Waals surface area contributed by atoms with Crippen LogP contribution in [0.2, 0.25) is 0 Å². The molecular weight excluding hydrogens is 833 g/mol. The zero-order chi connectivity index (χ0) is 45.3. The van der Waals surface area contributed by atoms with Gasteiger partial charge in [0, 0.05) is 43.1 Å². The van der Waals surface area contributed by atoms with Crippen LogP contribution in [0.1, 0.15) is 5.56 Å². The third-order valence-electron chi connectivity index (χ3n) is 15.1. The topological polar surface area (TPSA) is 8.82 Å². The predicted molar refractivity (Wildman–Crippen MR) is 293 cm³/mol. The maximum atomic E-state index is 2.50. The van der Waals surface area contributed by atoms with E-state index in [0.29, 0.717) is 0 Å². The summed E-state index contributed by atoms with van der Waals surface area (Å²) in [4.78, 5) is 0. The Morgan fingerprint density at radius 2 is 0.565 bits per heavy atom. The molecule has 4 aromatic heterocycles. The summed E-state index contributed by atoms with van der Waals surface area (Å²) in [6, 6.07) is 87.9. The molecule has 15 rings (SSSR count). The highest BCUT2D eigenvalue weighted by molar-refractivity contribution is 6.27. The number of rotatable bonds is 6. The number of hydrogen-bond donors (Lipinski definition) is 0. The fraction of sp³-hybridized carbons (Fsp3) is 0.0149. The van der Waals surface area contributed by atoms with Gasteiger partial charge in [0.2, 0.25) is 0 Å². The number of fused-ring (bicyclic) bond motifs is 12. The van der Waals surface area contributed by atoms with Crippen LogP contribution in [0.3, 0.4) is 0 Å². The quantitative estimate of drug-likeness (QED) is 0.157. The minimum atomic E-state index is 1.21. The average Bonchev–Trinajstić information content (AvgIpc) is 4.14. The smallest absolute Gasteiger partial charge is 0.0620 e.